The second-order valence-corrected chi connectivity index (χ2v) is 7.69. The molecule has 0 unspecified atom stereocenters. The van der Waals surface area contributed by atoms with Gasteiger partial charge in [0, 0.05) is 37.2 Å². The second-order valence-electron chi connectivity index (χ2n) is 7.69. The van der Waals surface area contributed by atoms with Crippen LogP contribution in [0.1, 0.15) is 22.6 Å². The molecule has 33 heavy (non-hydrogen) atoms. The fourth-order valence-corrected chi connectivity index (χ4v) is 3.80. The minimum atomic E-state index is -0.335. The normalized spacial score (nSPS) is 13.5. The van der Waals surface area contributed by atoms with Crippen molar-refractivity contribution in [1.82, 2.24) is 39.8 Å². The number of hydrogen-bond acceptors (Lipinski definition) is 6. The molecule has 10 nitrogen and oxygen atoms in total. The van der Waals surface area contributed by atoms with Gasteiger partial charge in [-0.25, -0.2) is 10.0 Å². The molecule has 3 aromatic heterocycles. The first-order chi connectivity index (χ1) is 16.1. The summed E-state index contributed by atoms with van der Waals surface area (Å²) in [6.45, 7) is 2.69. The maximum Gasteiger partial charge on any atom is 0.294 e. The van der Waals surface area contributed by atoms with Crippen molar-refractivity contribution < 1.29 is 9.59 Å². The van der Waals surface area contributed by atoms with Crippen molar-refractivity contribution in [2.24, 2.45) is 0 Å². The molecule has 4 aromatic rings. The lowest BCUT2D eigenvalue weighted by atomic mass is 10.2. The maximum absolute atomic E-state index is 13.3. The van der Waals surface area contributed by atoms with Gasteiger partial charge in [0.15, 0.2) is 5.69 Å². The molecule has 1 aromatic carbocycles. The van der Waals surface area contributed by atoms with Gasteiger partial charge >= 0.3 is 0 Å². The van der Waals surface area contributed by atoms with E-state index in [1.165, 1.54) is 14.8 Å². The van der Waals surface area contributed by atoms with Crippen molar-refractivity contribution in [3.63, 3.8) is 0 Å². The zero-order valence-corrected chi connectivity index (χ0v) is 18.1. The van der Waals surface area contributed by atoms with Crippen LogP contribution in [0.25, 0.3) is 16.9 Å². The molecule has 5 rings (SSSR count). The molecule has 0 aliphatic carbocycles. The van der Waals surface area contributed by atoms with Gasteiger partial charge in [-0.2, -0.15) is 15.0 Å². The van der Waals surface area contributed by atoms with E-state index in [4.69, 9.17) is 0 Å². The first-order valence-electron chi connectivity index (χ1n) is 10.7. The highest BCUT2D eigenvalue weighted by atomic mass is 16.2. The fourth-order valence-electron chi connectivity index (χ4n) is 3.80. The summed E-state index contributed by atoms with van der Waals surface area (Å²) in [7, 11) is 0. The van der Waals surface area contributed by atoms with E-state index >= 15 is 0 Å². The third kappa shape index (κ3) is 4.10. The Morgan fingerprint density at radius 2 is 1.67 bits per heavy atom. The monoisotopic (exact) mass is 442 g/mol. The summed E-state index contributed by atoms with van der Waals surface area (Å²) < 4.78 is 1.58. The van der Waals surface area contributed by atoms with Gasteiger partial charge in [-0.05, 0) is 43.7 Å². The van der Waals surface area contributed by atoms with Gasteiger partial charge in [-0.15, -0.1) is 5.10 Å². The van der Waals surface area contributed by atoms with Gasteiger partial charge in [0.1, 0.15) is 6.54 Å². The Hall–Kier alpha value is -4.34. The second kappa shape index (κ2) is 8.65. The Kier molecular flexibility index (Phi) is 5.39. The minimum absolute atomic E-state index is 0.0323. The number of benzene rings is 1. The third-order valence-electron chi connectivity index (χ3n) is 5.44. The number of nitrogens with zero attached hydrogens (tertiary/aromatic N) is 8. The molecule has 1 fully saturated rings. The van der Waals surface area contributed by atoms with E-state index in [1.54, 1.807) is 30.2 Å². The summed E-state index contributed by atoms with van der Waals surface area (Å²) in [5, 5.41) is 16.2. The number of para-hydroxylation sites is 1. The molecular weight excluding hydrogens is 420 g/mol. The van der Waals surface area contributed by atoms with E-state index in [0.29, 0.717) is 25.2 Å². The summed E-state index contributed by atoms with van der Waals surface area (Å²) in [6.07, 6.45) is 5.85. The average molecular weight is 442 g/mol. The van der Waals surface area contributed by atoms with Gasteiger partial charge in [0.05, 0.1) is 17.1 Å². The van der Waals surface area contributed by atoms with E-state index in [1.807, 2.05) is 48.5 Å². The highest BCUT2D eigenvalue weighted by molar-refractivity contribution is 5.94. The predicted octanol–water partition coefficient (Wildman–Crippen LogP) is 2.12. The minimum Gasteiger partial charge on any atom is -0.271 e. The number of hydrogen-bond donors (Lipinski definition) is 0. The Morgan fingerprint density at radius 3 is 2.45 bits per heavy atom. The lowest BCUT2D eigenvalue weighted by molar-refractivity contribution is -0.141. The van der Waals surface area contributed by atoms with E-state index in [-0.39, 0.29) is 24.1 Å². The molecule has 1 aliphatic heterocycles. The van der Waals surface area contributed by atoms with Crippen LogP contribution in [0.5, 0.6) is 0 Å². The molecule has 10 heteroatoms. The fraction of sp³-hybridized carbons (Fsp3) is 0.217. The van der Waals surface area contributed by atoms with Crippen LogP contribution in [0, 0.1) is 6.92 Å². The molecule has 166 valence electrons. The molecule has 1 saturated heterocycles. The number of rotatable bonds is 5. The Balaban J connectivity index is 1.31. The number of carbonyl (C=O) groups is 2. The number of carbonyl (C=O) groups excluding carboxylic acids is 2. The van der Waals surface area contributed by atoms with Crippen LogP contribution in [0.15, 0.2) is 67.1 Å². The van der Waals surface area contributed by atoms with Crippen molar-refractivity contribution in [3.05, 3.63) is 78.5 Å². The van der Waals surface area contributed by atoms with Crippen LogP contribution in [0.3, 0.4) is 0 Å². The number of pyridine rings is 1. The van der Waals surface area contributed by atoms with Crippen LogP contribution in [-0.2, 0) is 11.3 Å². The summed E-state index contributed by atoms with van der Waals surface area (Å²) in [6, 6.07) is 15.0. The maximum atomic E-state index is 13.3. The average Bonchev–Trinajstić information content (AvgIpc) is 3.60. The standard InChI is InChI=1S/C23H22N8O2/c1-17-22(27-31(25-17)19-6-3-2-4-7-19)23(33)30-14-5-13-29(30)21(32)16-28-15-10-20(26-28)18-8-11-24-12-9-18/h2-4,6-12,15H,5,13-14,16H2,1H3. The smallest absolute Gasteiger partial charge is 0.271 e. The van der Waals surface area contributed by atoms with E-state index in [0.717, 1.165) is 16.9 Å². The van der Waals surface area contributed by atoms with Gasteiger partial charge < -0.3 is 0 Å². The summed E-state index contributed by atoms with van der Waals surface area (Å²) in [5.41, 5.74) is 3.19. The lowest BCUT2D eigenvalue weighted by Gasteiger charge is -2.27. The lowest BCUT2D eigenvalue weighted by Crippen LogP contribution is -2.46. The van der Waals surface area contributed by atoms with Gasteiger partial charge in [0.2, 0.25) is 0 Å². The van der Waals surface area contributed by atoms with Crippen LogP contribution in [0.2, 0.25) is 0 Å². The largest absolute Gasteiger partial charge is 0.294 e. The van der Waals surface area contributed by atoms with Crippen molar-refractivity contribution in [2.75, 3.05) is 13.1 Å². The molecule has 0 radical (unpaired) electrons. The highest BCUT2D eigenvalue weighted by Gasteiger charge is 2.34. The van der Waals surface area contributed by atoms with Crippen molar-refractivity contribution in [2.45, 2.75) is 19.9 Å². The molecule has 2 amide bonds. The number of aromatic nitrogens is 6. The van der Waals surface area contributed by atoms with Crippen molar-refractivity contribution in [3.8, 4) is 16.9 Å². The SMILES string of the molecule is Cc1nn(-c2ccccc2)nc1C(=O)N1CCCN1C(=O)Cn1ccc(-c2ccncc2)n1. The topological polar surface area (TPSA) is 102 Å². The van der Waals surface area contributed by atoms with Gasteiger partial charge in [-0.3, -0.25) is 19.3 Å². The van der Waals surface area contributed by atoms with Crippen LogP contribution < -0.4 is 0 Å². The van der Waals surface area contributed by atoms with E-state index < -0.39 is 0 Å². The summed E-state index contributed by atoms with van der Waals surface area (Å²) >= 11 is 0. The highest BCUT2D eigenvalue weighted by Crippen LogP contribution is 2.19. The first-order valence-corrected chi connectivity index (χ1v) is 10.7. The molecule has 4 heterocycles. The van der Waals surface area contributed by atoms with Crippen LogP contribution >= 0.6 is 0 Å². The van der Waals surface area contributed by atoms with Crippen LogP contribution in [-0.4, -0.2) is 64.7 Å². The molecule has 1 aliphatic rings. The predicted molar refractivity (Wildman–Crippen MR) is 119 cm³/mol. The van der Waals surface area contributed by atoms with Crippen molar-refractivity contribution in [1.29, 1.82) is 0 Å². The van der Waals surface area contributed by atoms with Crippen molar-refractivity contribution >= 4 is 11.8 Å². The number of amides is 2. The zero-order valence-electron chi connectivity index (χ0n) is 18.1. The quantitative estimate of drug-likeness (QED) is 0.469. The van der Waals surface area contributed by atoms with E-state index in [2.05, 4.69) is 20.3 Å². The molecule has 0 spiro atoms. The van der Waals surface area contributed by atoms with Gasteiger partial charge in [-0.1, -0.05) is 18.2 Å². The molecule has 0 bridgehead atoms. The summed E-state index contributed by atoms with van der Waals surface area (Å²) in [5.74, 6) is -0.545. The molecule has 0 atom stereocenters. The zero-order chi connectivity index (χ0) is 22.8. The third-order valence-corrected chi connectivity index (χ3v) is 5.44. The molecule has 0 N–H and O–H groups in total. The number of aryl methyl sites for hydroxylation is 1. The molecular formula is C23H22N8O2. The number of hydrazine groups is 1. The Bertz CT molecular complexity index is 1280. The molecule has 0 saturated carbocycles. The van der Waals surface area contributed by atoms with Crippen LogP contribution in [0.4, 0.5) is 0 Å². The Morgan fingerprint density at radius 1 is 0.909 bits per heavy atom. The van der Waals surface area contributed by atoms with Gasteiger partial charge in [0.25, 0.3) is 11.8 Å². The van der Waals surface area contributed by atoms with E-state index in [9.17, 15) is 9.59 Å². The Labute approximate surface area is 190 Å². The first kappa shape index (κ1) is 20.6. The summed E-state index contributed by atoms with van der Waals surface area (Å²) in [4.78, 5) is 31.7.